The summed E-state index contributed by atoms with van der Waals surface area (Å²) in [6.45, 7) is 0. The molecule has 2 aromatic heterocycles. The Morgan fingerprint density at radius 2 is 1.67 bits per heavy atom. The molecule has 0 radical (unpaired) electrons. The lowest BCUT2D eigenvalue weighted by atomic mass is 9.99. The molecule has 0 unspecified atom stereocenters. The number of hydrogen-bond donors (Lipinski definition) is 0. The predicted molar refractivity (Wildman–Crippen MR) is 82.6 cm³/mol. The Bertz CT molecular complexity index is 1020. The van der Waals surface area contributed by atoms with Crippen LogP contribution in [0.1, 0.15) is 0 Å². The van der Waals surface area contributed by atoms with Crippen molar-refractivity contribution in [1.29, 1.82) is 0 Å². The molecule has 0 amide bonds. The molecule has 0 bridgehead atoms. The maximum Gasteiger partial charge on any atom is 0.229 e. The maximum atomic E-state index is 6.01. The van der Waals surface area contributed by atoms with Gasteiger partial charge < -0.3 is 4.74 Å². The van der Waals surface area contributed by atoms with Crippen molar-refractivity contribution in [2.24, 2.45) is 0 Å². The number of benzene rings is 2. The summed E-state index contributed by atoms with van der Waals surface area (Å²) in [5, 5.41) is 3.26. The summed E-state index contributed by atoms with van der Waals surface area (Å²) < 4.78 is 6.01. The topological polar surface area (TPSA) is 35.0 Å². The van der Waals surface area contributed by atoms with Crippen molar-refractivity contribution in [3.05, 3.63) is 60.8 Å². The van der Waals surface area contributed by atoms with Crippen molar-refractivity contribution in [2.75, 3.05) is 0 Å². The van der Waals surface area contributed by atoms with Gasteiger partial charge in [-0.25, -0.2) is 4.98 Å². The van der Waals surface area contributed by atoms with Crippen LogP contribution in [0.4, 0.5) is 0 Å². The summed E-state index contributed by atoms with van der Waals surface area (Å²) in [5.74, 6) is 1.46. The van der Waals surface area contributed by atoms with E-state index in [4.69, 9.17) is 4.74 Å². The largest absolute Gasteiger partial charge is 0.438 e. The van der Waals surface area contributed by atoms with Crippen LogP contribution >= 0.6 is 0 Å². The van der Waals surface area contributed by atoms with E-state index >= 15 is 0 Å². The Labute approximate surface area is 120 Å². The van der Waals surface area contributed by atoms with Crippen molar-refractivity contribution < 1.29 is 4.74 Å². The van der Waals surface area contributed by atoms with Gasteiger partial charge in [0.1, 0.15) is 5.75 Å². The van der Waals surface area contributed by atoms with Crippen molar-refractivity contribution in [3.8, 4) is 22.9 Å². The first-order valence-corrected chi connectivity index (χ1v) is 6.86. The molecule has 0 spiro atoms. The second kappa shape index (κ2) is 3.79. The van der Waals surface area contributed by atoms with Crippen LogP contribution < -0.4 is 4.74 Å². The summed E-state index contributed by atoms with van der Waals surface area (Å²) in [5.41, 5.74) is 2.91. The van der Waals surface area contributed by atoms with Crippen LogP contribution in [0.2, 0.25) is 0 Å². The second-order valence-corrected chi connectivity index (χ2v) is 5.11. The van der Waals surface area contributed by atoms with E-state index in [9.17, 15) is 0 Å². The zero-order chi connectivity index (χ0) is 13.8. The Hall–Kier alpha value is -2.94. The smallest absolute Gasteiger partial charge is 0.229 e. The van der Waals surface area contributed by atoms with E-state index in [1.165, 1.54) is 0 Å². The Morgan fingerprint density at radius 1 is 0.810 bits per heavy atom. The van der Waals surface area contributed by atoms with Gasteiger partial charge in [0.05, 0.1) is 16.6 Å². The highest BCUT2D eigenvalue weighted by molar-refractivity contribution is 6.13. The molecule has 5 rings (SSSR count). The maximum absolute atomic E-state index is 6.01. The first-order valence-electron chi connectivity index (χ1n) is 6.86. The second-order valence-electron chi connectivity index (χ2n) is 5.11. The number of hydrogen-bond acceptors (Lipinski definition) is 3. The van der Waals surface area contributed by atoms with Gasteiger partial charge >= 0.3 is 0 Å². The molecule has 0 saturated carbocycles. The minimum absolute atomic E-state index is 0.644. The molecule has 98 valence electrons. The van der Waals surface area contributed by atoms with Crippen molar-refractivity contribution in [3.63, 3.8) is 0 Å². The van der Waals surface area contributed by atoms with E-state index in [1.54, 1.807) is 0 Å². The van der Waals surface area contributed by atoms with Gasteiger partial charge in [-0.1, -0.05) is 30.3 Å². The fourth-order valence-electron chi connectivity index (χ4n) is 3.00. The van der Waals surface area contributed by atoms with Gasteiger partial charge in [0.2, 0.25) is 5.88 Å². The number of pyridine rings is 2. The molecule has 1 aliphatic rings. The highest BCUT2D eigenvalue weighted by Gasteiger charge is 2.22. The first-order chi connectivity index (χ1) is 10.4. The number of aromatic nitrogens is 2. The molecule has 0 saturated heterocycles. The minimum atomic E-state index is 0.644. The highest BCUT2D eigenvalue weighted by Crippen LogP contribution is 2.45. The molecule has 0 N–H and O–H groups in total. The number of fused-ring (bicyclic) bond motifs is 4. The Morgan fingerprint density at radius 3 is 2.67 bits per heavy atom. The molecule has 2 aromatic carbocycles. The highest BCUT2D eigenvalue weighted by atomic mass is 16.5. The van der Waals surface area contributed by atoms with Crippen LogP contribution in [0.5, 0.6) is 11.6 Å². The SMILES string of the molecule is c1ccc2c(c1)Oc1nc3ccccc3c3ccnc-2c13. The lowest BCUT2D eigenvalue weighted by Crippen LogP contribution is -2.01. The average Bonchev–Trinajstić information content (AvgIpc) is 2.55. The third-order valence-electron chi connectivity index (χ3n) is 3.93. The van der Waals surface area contributed by atoms with E-state index in [-0.39, 0.29) is 0 Å². The van der Waals surface area contributed by atoms with E-state index in [0.717, 1.165) is 38.7 Å². The molecular weight excluding hydrogens is 260 g/mol. The van der Waals surface area contributed by atoms with E-state index in [1.807, 2.05) is 54.7 Å². The summed E-state index contributed by atoms with van der Waals surface area (Å²) in [7, 11) is 0. The number of rotatable bonds is 0. The van der Waals surface area contributed by atoms with Crippen LogP contribution in [0.3, 0.4) is 0 Å². The minimum Gasteiger partial charge on any atom is -0.438 e. The van der Waals surface area contributed by atoms with Gasteiger partial charge in [0, 0.05) is 22.5 Å². The summed E-state index contributed by atoms with van der Waals surface area (Å²) in [6, 6.07) is 18.1. The fourth-order valence-corrected chi connectivity index (χ4v) is 3.00. The molecular formula is C18H10N2O. The lowest BCUT2D eigenvalue weighted by Gasteiger charge is -2.20. The lowest BCUT2D eigenvalue weighted by molar-refractivity contribution is 0.469. The average molecular weight is 270 g/mol. The van der Waals surface area contributed by atoms with Crippen LogP contribution in [-0.4, -0.2) is 9.97 Å². The van der Waals surface area contributed by atoms with Gasteiger partial charge in [-0.15, -0.1) is 0 Å². The molecule has 0 aliphatic carbocycles. The number of ether oxygens (including phenoxy) is 1. The molecule has 3 heteroatoms. The van der Waals surface area contributed by atoms with E-state index in [0.29, 0.717) is 5.88 Å². The Balaban J connectivity index is 2.04. The molecule has 3 nitrogen and oxygen atoms in total. The van der Waals surface area contributed by atoms with Gasteiger partial charge in [-0.2, -0.15) is 0 Å². The van der Waals surface area contributed by atoms with Crippen LogP contribution in [0.15, 0.2) is 60.8 Å². The Kier molecular flexibility index (Phi) is 1.95. The third-order valence-corrected chi connectivity index (χ3v) is 3.93. The van der Waals surface area contributed by atoms with Crippen molar-refractivity contribution >= 4 is 21.7 Å². The standard InChI is InChI=1S/C18H10N2O/c1-3-7-14-11(5-1)12-9-10-19-17-13-6-2-4-8-15(13)21-18(20-14)16(12)17/h1-10H. The number of para-hydroxylation sites is 2. The summed E-state index contributed by atoms with van der Waals surface area (Å²) in [4.78, 5) is 9.24. The molecule has 0 atom stereocenters. The number of nitrogens with zero attached hydrogens (tertiary/aromatic N) is 2. The quantitative estimate of drug-likeness (QED) is 0.387. The van der Waals surface area contributed by atoms with Crippen molar-refractivity contribution in [2.45, 2.75) is 0 Å². The molecule has 4 aromatic rings. The first kappa shape index (κ1) is 10.8. The van der Waals surface area contributed by atoms with Crippen molar-refractivity contribution in [1.82, 2.24) is 9.97 Å². The zero-order valence-corrected chi connectivity index (χ0v) is 11.1. The van der Waals surface area contributed by atoms with Crippen LogP contribution in [0.25, 0.3) is 32.9 Å². The molecule has 0 fully saturated rings. The zero-order valence-electron chi connectivity index (χ0n) is 11.1. The predicted octanol–water partition coefficient (Wildman–Crippen LogP) is 4.56. The van der Waals surface area contributed by atoms with E-state index in [2.05, 4.69) is 16.0 Å². The summed E-state index contributed by atoms with van der Waals surface area (Å²) in [6.07, 6.45) is 1.86. The van der Waals surface area contributed by atoms with Gasteiger partial charge in [0.25, 0.3) is 0 Å². The normalized spacial score (nSPS) is 12.2. The molecule has 3 heterocycles. The van der Waals surface area contributed by atoms with Gasteiger partial charge in [-0.05, 0) is 24.3 Å². The molecule has 21 heavy (non-hydrogen) atoms. The van der Waals surface area contributed by atoms with Gasteiger partial charge in [-0.3, -0.25) is 4.98 Å². The fraction of sp³-hybridized carbons (Fsp3) is 0. The van der Waals surface area contributed by atoms with Gasteiger partial charge in [0.15, 0.2) is 0 Å². The van der Waals surface area contributed by atoms with Crippen LogP contribution in [0, 0.1) is 0 Å². The van der Waals surface area contributed by atoms with Crippen LogP contribution in [-0.2, 0) is 0 Å². The summed E-state index contributed by atoms with van der Waals surface area (Å²) >= 11 is 0. The molecule has 1 aliphatic heterocycles. The third kappa shape index (κ3) is 1.37. The monoisotopic (exact) mass is 270 g/mol. The van der Waals surface area contributed by atoms with E-state index < -0.39 is 0 Å².